The van der Waals surface area contributed by atoms with Crippen LogP contribution in [0.2, 0.25) is 0 Å². The van der Waals surface area contributed by atoms with Crippen molar-refractivity contribution in [3.8, 4) is 11.5 Å². The van der Waals surface area contributed by atoms with Gasteiger partial charge in [-0.25, -0.2) is 27.4 Å². The van der Waals surface area contributed by atoms with Crippen LogP contribution in [0.5, 0.6) is 11.5 Å². The molecule has 0 unspecified atom stereocenters. The van der Waals surface area contributed by atoms with Crippen molar-refractivity contribution in [3.05, 3.63) is 97.1 Å². The molecule has 0 heterocycles. The molecule has 0 atom stereocenters. The van der Waals surface area contributed by atoms with Crippen LogP contribution in [0.1, 0.15) is 13.8 Å². The zero-order chi connectivity index (χ0) is 52.2. The number of nitrogen functional groups attached to an aromatic ring is 2. The fourth-order valence-corrected chi connectivity index (χ4v) is 10.2. The summed E-state index contributed by atoms with van der Waals surface area (Å²) in [6.45, 7) is 5.19. The van der Waals surface area contributed by atoms with Crippen LogP contribution in [0.3, 0.4) is 0 Å². The number of hydrogen-bond acceptors (Lipinski definition) is 26. The highest BCUT2D eigenvalue weighted by Crippen LogP contribution is 2.50. The molecule has 0 aliphatic carbocycles. The fourth-order valence-electron chi connectivity index (χ4n) is 6.54. The van der Waals surface area contributed by atoms with Crippen molar-refractivity contribution in [1.29, 1.82) is 0 Å². The predicted octanol–water partition coefficient (Wildman–Crippen LogP) is 10.1. The molecule has 0 bridgehead atoms. The standard InChI is InChI=1S/C41H42N10O16S5/c1-4-51(5-2)33-22-31(42)32(23-34(33)62-3)47-44-25-6-8-28(9-7-25)50-71(57,58)30-16-12-27(13-17-30)46-49-40-36(72(59,60)61)21-24-20-35(68-66-64-53)39(41(52)37(24)38(40)43)48-45-26-10-14-29(15-11-26)70(55,56)19-18-63-69-67-65-54/h6-17,20-23,50,52-54H,4-5,18-19,42-43H2,1-3H3,(H,59,60,61)/b47-44+,48-45+,49-46+. The van der Waals surface area contributed by atoms with Gasteiger partial charge in [-0.2, -0.15) is 23.8 Å². The number of rotatable bonds is 24. The zero-order valence-electron chi connectivity index (χ0n) is 37.6. The maximum Gasteiger partial charge on any atom is 0.296 e. The number of nitrogens with two attached hydrogens (primary N) is 2. The lowest BCUT2D eigenvalue weighted by Gasteiger charge is -2.24. The average Bonchev–Trinajstić information content (AvgIpc) is 3.35. The molecule has 382 valence electrons. The van der Waals surface area contributed by atoms with Gasteiger partial charge in [0.25, 0.3) is 20.1 Å². The van der Waals surface area contributed by atoms with Gasteiger partial charge in [0.05, 0.1) is 85.7 Å². The summed E-state index contributed by atoms with van der Waals surface area (Å²) in [5.41, 5.74) is 13.4. The summed E-state index contributed by atoms with van der Waals surface area (Å²) < 4.78 is 109. The molecule has 0 spiro atoms. The maximum atomic E-state index is 13.4. The second-order valence-electron chi connectivity index (χ2n) is 14.4. The summed E-state index contributed by atoms with van der Waals surface area (Å²) in [7, 11) is -11.6. The van der Waals surface area contributed by atoms with Crippen molar-refractivity contribution < 1.29 is 73.1 Å². The SMILES string of the molecule is CCN(CC)c1cc(N)c(/N=N/c2ccc(NS(=O)(=O)c3ccc(/N=N/c4c(S(=O)(=O)O)cc5cc(SOOO)c(/N=N/c6ccc(S(=O)(=O)CCOSOOO)cc6)c(O)c5c4N)cc3)cc2)cc1OC. The van der Waals surface area contributed by atoms with E-state index in [0.717, 1.165) is 24.8 Å². The number of hydrogen-bond donors (Lipinski definition) is 7. The Labute approximate surface area is 419 Å². The number of phenols is 1. The Morgan fingerprint density at radius 1 is 0.708 bits per heavy atom. The Hall–Kier alpha value is -6.59. The number of ether oxygens (including phenoxy) is 1. The van der Waals surface area contributed by atoms with Crippen LogP contribution in [-0.4, -0.2) is 78.0 Å². The van der Waals surface area contributed by atoms with Gasteiger partial charge in [0, 0.05) is 24.8 Å². The first-order valence-corrected chi connectivity index (χ1v) is 26.4. The number of sulfonamides is 1. The molecule has 9 N–H and O–H groups in total. The number of benzene rings is 6. The van der Waals surface area contributed by atoms with E-state index in [9.17, 15) is 34.9 Å². The molecular formula is C41H42N10O16S5. The van der Waals surface area contributed by atoms with Crippen molar-refractivity contribution in [2.24, 2.45) is 30.7 Å². The van der Waals surface area contributed by atoms with E-state index in [1.807, 2.05) is 13.8 Å². The van der Waals surface area contributed by atoms with Crippen LogP contribution in [-0.2, 0) is 52.9 Å². The number of anilines is 4. The number of azo groups is 3. The smallest absolute Gasteiger partial charge is 0.296 e. The number of sulfone groups is 1. The molecule has 6 rings (SSSR count). The van der Waals surface area contributed by atoms with E-state index < -0.39 is 57.8 Å². The molecule has 0 aromatic heterocycles. The van der Waals surface area contributed by atoms with E-state index in [1.54, 1.807) is 31.4 Å². The fraction of sp³-hybridized carbons (Fsp3) is 0.171. The van der Waals surface area contributed by atoms with Crippen LogP contribution in [0, 0.1) is 0 Å². The molecule has 0 amide bonds. The van der Waals surface area contributed by atoms with Crippen molar-refractivity contribution in [3.63, 3.8) is 0 Å². The van der Waals surface area contributed by atoms with Gasteiger partial charge in [-0.15, -0.1) is 24.0 Å². The highest BCUT2D eigenvalue weighted by Gasteiger charge is 2.26. The van der Waals surface area contributed by atoms with Crippen LogP contribution in [0.15, 0.2) is 147 Å². The minimum absolute atomic E-state index is 0.00548. The quantitative estimate of drug-likeness (QED) is 0.00563. The molecule has 0 aliphatic rings. The van der Waals surface area contributed by atoms with E-state index in [1.165, 1.54) is 66.7 Å². The molecule has 31 heteroatoms. The van der Waals surface area contributed by atoms with Crippen molar-refractivity contribution in [2.45, 2.75) is 33.4 Å². The Morgan fingerprint density at radius 3 is 1.85 bits per heavy atom. The lowest BCUT2D eigenvalue weighted by molar-refractivity contribution is -0.434. The summed E-state index contributed by atoms with van der Waals surface area (Å²) in [5.74, 6) is -0.625. The third kappa shape index (κ3) is 13.5. The molecule has 0 radical (unpaired) electrons. The molecule has 0 aliphatic heterocycles. The summed E-state index contributed by atoms with van der Waals surface area (Å²) in [5, 5.41) is 59.7. The molecule has 26 nitrogen and oxygen atoms in total. The first-order chi connectivity index (χ1) is 34.3. The Morgan fingerprint density at radius 2 is 1.28 bits per heavy atom. The Bertz CT molecular complexity index is 3330. The molecule has 0 fully saturated rings. The first kappa shape index (κ1) is 54.7. The van der Waals surface area contributed by atoms with Gasteiger partial charge < -0.3 is 26.2 Å². The summed E-state index contributed by atoms with van der Waals surface area (Å²) in [6.07, 6.45) is 0. The van der Waals surface area contributed by atoms with Gasteiger partial charge >= 0.3 is 0 Å². The average molecular weight is 1090 g/mol. The van der Waals surface area contributed by atoms with Crippen molar-refractivity contribution in [1.82, 2.24) is 0 Å². The normalized spacial score (nSPS) is 12.4. The Kier molecular flexibility index (Phi) is 18.4. The predicted molar refractivity (Wildman–Crippen MR) is 265 cm³/mol. The third-order valence-corrected chi connectivity index (χ3v) is 14.9. The van der Waals surface area contributed by atoms with E-state index in [-0.39, 0.29) is 67.1 Å². The first-order valence-electron chi connectivity index (χ1n) is 20.4. The van der Waals surface area contributed by atoms with Gasteiger partial charge in [0.1, 0.15) is 27.7 Å². The molecular weight excluding hydrogens is 1050 g/mol. The second-order valence-corrected chi connectivity index (χ2v) is 20.8. The number of aromatic hydroxyl groups is 1. The van der Waals surface area contributed by atoms with Crippen molar-refractivity contribution in [2.75, 3.05) is 53.6 Å². The van der Waals surface area contributed by atoms with Crippen LogP contribution in [0.25, 0.3) is 10.8 Å². The lowest BCUT2D eigenvalue weighted by atomic mass is 10.1. The van der Waals surface area contributed by atoms with Crippen LogP contribution in [0.4, 0.5) is 56.9 Å². The van der Waals surface area contributed by atoms with E-state index in [4.69, 9.17) is 30.9 Å². The minimum atomic E-state index is -5.10. The lowest BCUT2D eigenvalue weighted by Crippen LogP contribution is -2.22. The number of phenolic OH excluding ortho intramolecular Hbond substituents is 1. The third-order valence-electron chi connectivity index (χ3n) is 9.99. The van der Waals surface area contributed by atoms with Gasteiger partial charge in [0.15, 0.2) is 27.9 Å². The van der Waals surface area contributed by atoms with Crippen molar-refractivity contribution >= 4 is 122 Å². The van der Waals surface area contributed by atoms with Gasteiger partial charge in [0.2, 0.25) is 0 Å². The summed E-state index contributed by atoms with van der Waals surface area (Å²) >= 11 is 0.515. The molecule has 6 aromatic carbocycles. The number of methoxy groups -OCH3 is 1. The second kappa shape index (κ2) is 24.2. The minimum Gasteiger partial charge on any atom is -0.505 e. The monoisotopic (exact) mass is 1090 g/mol. The molecule has 72 heavy (non-hydrogen) atoms. The van der Waals surface area contributed by atoms with Gasteiger partial charge in [-0.3, -0.25) is 13.5 Å². The van der Waals surface area contributed by atoms with E-state index >= 15 is 0 Å². The van der Waals surface area contributed by atoms with Crippen LogP contribution < -0.4 is 25.8 Å². The highest BCUT2D eigenvalue weighted by molar-refractivity contribution is 7.94. The van der Waals surface area contributed by atoms with E-state index in [0.29, 0.717) is 34.9 Å². The Balaban J connectivity index is 1.22. The summed E-state index contributed by atoms with van der Waals surface area (Å²) in [4.78, 5) is 0.798. The number of nitrogens with zero attached hydrogens (tertiary/aromatic N) is 7. The van der Waals surface area contributed by atoms with Gasteiger partial charge in [-0.05, 0) is 110 Å². The van der Waals surface area contributed by atoms with Gasteiger partial charge in [-0.1, -0.05) is 10.1 Å². The summed E-state index contributed by atoms with van der Waals surface area (Å²) in [6, 6.07) is 21.5. The molecule has 6 aromatic rings. The molecule has 0 saturated carbocycles. The maximum absolute atomic E-state index is 13.4. The largest absolute Gasteiger partial charge is 0.505 e. The van der Waals surface area contributed by atoms with E-state index in [2.05, 4.69) is 59.1 Å². The zero-order valence-corrected chi connectivity index (χ0v) is 41.7. The van der Waals surface area contributed by atoms with Crippen LogP contribution >= 0.6 is 24.4 Å². The number of fused-ring (bicyclic) bond motifs is 1. The highest BCUT2D eigenvalue weighted by atomic mass is 32.2. The topological polar surface area (TPSA) is 380 Å². The molecule has 0 saturated heterocycles. The number of nitrogens with one attached hydrogen (secondary N) is 1.